The molecule has 1 fully saturated rings. The molecule has 4 heteroatoms. The van der Waals surface area contributed by atoms with Gasteiger partial charge in [-0.2, -0.15) is 0 Å². The zero-order valence-electron chi connectivity index (χ0n) is 9.12. The molecule has 88 valence electrons. The number of nitro groups is 1. The first-order valence-corrected chi connectivity index (χ1v) is 6.12. The molecule has 1 saturated carbocycles. The fourth-order valence-corrected chi connectivity index (χ4v) is 3.51. The molecular formula is C13H12ClNO2. The summed E-state index contributed by atoms with van der Waals surface area (Å²) in [5, 5.41) is 11.9. The van der Waals surface area contributed by atoms with Crippen molar-refractivity contribution in [3.8, 4) is 0 Å². The van der Waals surface area contributed by atoms with E-state index in [1.165, 1.54) is 0 Å². The summed E-state index contributed by atoms with van der Waals surface area (Å²) in [4.78, 5) is 11.1. The number of halogens is 1. The van der Waals surface area contributed by atoms with Gasteiger partial charge in [-0.1, -0.05) is 42.0 Å². The summed E-state index contributed by atoms with van der Waals surface area (Å²) < 4.78 is 0. The summed E-state index contributed by atoms with van der Waals surface area (Å²) in [6.07, 6.45) is 4.99. The number of hydrogen-bond donors (Lipinski definition) is 0. The fourth-order valence-electron chi connectivity index (χ4n) is 3.24. The lowest BCUT2D eigenvalue weighted by molar-refractivity contribution is -0.530. The van der Waals surface area contributed by atoms with Gasteiger partial charge in [0.15, 0.2) is 0 Å². The van der Waals surface area contributed by atoms with Gasteiger partial charge in [0.05, 0.1) is 5.92 Å². The Hall–Kier alpha value is -1.35. The highest BCUT2D eigenvalue weighted by molar-refractivity contribution is 6.31. The van der Waals surface area contributed by atoms with Crippen LogP contribution in [0.15, 0.2) is 36.4 Å². The monoisotopic (exact) mass is 249 g/mol. The Balaban J connectivity index is 2.05. The van der Waals surface area contributed by atoms with Gasteiger partial charge in [0.2, 0.25) is 6.04 Å². The predicted molar refractivity (Wildman–Crippen MR) is 65.7 cm³/mol. The van der Waals surface area contributed by atoms with Gasteiger partial charge in [-0.3, -0.25) is 10.1 Å². The van der Waals surface area contributed by atoms with Crippen molar-refractivity contribution in [2.45, 2.75) is 18.4 Å². The van der Waals surface area contributed by atoms with Gasteiger partial charge in [0.25, 0.3) is 0 Å². The molecule has 2 unspecified atom stereocenters. The molecule has 4 atom stereocenters. The molecule has 2 aliphatic rings. The van der Waals surface area contributed by atoms with Crippen LogP contribution in [0.1, 0.15) is 17.9 Å². The first-order chi connectivity index (χ1) is 8.18. The van der Waals surface area contributed by atoms with Gasteiger partial charge < -0.3 is 0 Å². The van der Waals surface area contributed by atoms with Gasteiger partial charge in [-0.05, 0) is 24.0 Å². The highest BCUT2D eigenvalue weighted by Gasteiger charge is 2.52. The van der Waals surface area contributed by atoms with Crippen molar-refractivity contribution in [2.75, 3.05) is 0 Å². The standard InChI is InChI=1S/C13H12ClNO2/c14-11-4-2-1-3-10(11)12-8-5-6-9(7-8)13(12)15(16)17/h1-6,8-9,12-13H,7H2/t8?,9?,12-,13+/m1/s1. The first-order valence-electron chi connectivity index (χ1n) is 5.74. The first kappa shape index (κ1) is 10.8. The molecule has 0 saturated heterocycles. The van der Waals surface area contributed by atoms with Crippen molar-refractivity contribution in [2.24, 2.45) is 11.8 Å². The Morgan fingerprint density at radius 1 is 1.24 bits per heavy atom. The van der Waals surface area contributed by atoms with E-state index in [0.717, 1.165) is 12.0 Å². The average molecular weight is 250 g/mol. The Kier molecular flexibility index (Phi) is 2.44. The zero-order chi connectivity index (χ0) is 12.0. The van der Waals surface area contributed by atoms with Crippen LogP contribution in [0.25, 0.3) is 0 Å². The molecule has 0 amide bonds. The highest BCUT2D eigenvalue weighted by Crippen LogP contribution is 2.51. The second-order valence-corrected chi connectivity index (χ2v) is 5.18. The molecule has 3 rings (SSSR count). The lowest BCUT2D eigenvalue weighted by atomic mass is 9.83. The molecule has 2 bridgehead atoms. The van der Waals surface area contributed by atoms with E-state index in [4.69, 9.17) is 11.6 Å². The second-order valence-electron chi connectivity index (χ2n) is 4.77. The summed E-state index contributed by atoms with van der Waals surface area (Å²) in [5.74, 6) is 0.292. The van der Waals surface area contributed by atoms with Crippen LogP contribution in [-0.2, 0) is 0 Å². The van der Waals surface area contributed by atoms with Gasteiger partial charge in [-0.25, -0.2) is 0 Å². The Morgan fingerprint density at radius 3 is 2.65 bits per heavy atom. The van der Waals surface area contributed by atoms with E-state index >= 15 is 0 Å². The minimum absolute atomic E-state index is 0.0614. The maximum Gasteiger partial charge on any atom is 0.226 e. The number of benzene rings is 1. The topological polar surface area (TPSA) is 43.1 Å². The largest absolute Gasteiger partial charge is 0.264 e. The smallest absolute Gasteiger partial charge is 0.226 e. The SMILES string of the molecule is O=[N+]([O-])[C@H]1C2C=CC(C2)[C@@H]1c1ccccc1Cl. The van der Waals surface area contributed by atoms with E-state index in [1.807, 2.05) is 30.3 Å². The lowest BCUT2D eigenvalue weighted by Gasteiger charge is -2.22. The Labute approximate surface area is 104 Å². The molecule has 0 aromatic heterocycles. The molecule has 0 spiro atoms. The molecule has 1 aromatic rings. The molecule has 0 N–H and O–H groups in total. The van der Waals surface area contributed by atoms with Gasteiger partial charge in [-0.15, -0.1) is 0 Å². The molecule has 0 heterocycles. The van der Waals surface area contributed by atoms with Crippen LogP contribution >= 0.6 is 11.6 Å². The van der Waals surface area contributed by atoms with Crippen molar-refractivity contribution in [1.82, 2.24) is 0 Å². The van der Waals surface area contributed by atoms with Crippen molar-refractivity contribution < 1.29 is 4.92 Å². The van der Waals surface area contributed by atoms with Crippen LogP contribution < -0.4 is 0 Å². The van der Waals surface area contributed by atoms with E-state index < -0.39 is 6.04 Å². The van der Waals surface area contributed by atoms with Gasteiger partial charge in [0, 0.05) is 15.9 Å². The van der Waals surface area contributed by atoms with Crippen molar-refractivity contribution >= 4 is 11.6 Å². The average Bonchev–Trinajstić information content (AvgIpc) is 2.89. The summed E-state index contributed by atoms with van der Waals surface area (Å²) in [5.41, 5.74) is 0.924. The maximum absolute atomic E-state index is 11.2. The molecular weight excluding hydrogens is 238 g/mol. The predicted octanol–water partition coefficient (Wildman–Crippen LogP) is 3.27. The van der Waals surface area contributed by atoms with Crippen LogP contribution in [-0.4, -0.2) is 11.0 Å². The molecule has 3 nitrogen and oxygen atoms in total. The second kappa shape index (κ2) is 3.84. The van der Waals surface area contributed by atoms with E-state index in [0.29, 0.717) is 5.02 Å². The number of hydrogen-bond acceptors (Lipinski definition) is 2. The van der Waals surface area contributed by atoms with Crippen LogP contribution in [0.5, 0.6) is 0 Å². The van der Waals surface area contributed by atoms with E-state index in [9.17, 15) is 10.1 Å². The number of fused-ring (bicyclic) bond motifs is 2. The normalized spacial score (nSPS) is 34.2. The van der Waals surface area contributed by atoms with Crippen LogP contribution in [0.3, 0.4) is 0 Å². The van der Waals surface area contributed by atoms with Crippen LogP contribution in [0, 0.1) is 22.0 Å². The number of rotatable bonds is 2. The fraction of sp³-hybridized carbons (Fsp3) is 0.385. The number of allylic oxidation sites excluding steroid dienone is 1. The van der Waals surface area contributed by atoms with E-state index in [1.54, 1.807) is 0 Å². The van der Waals surface area contributed by atoms with Crippen molar-refractivity contribution in [3.63, 3.8) is 0 Å². The lowest BCUT2D eigenvalue weighted by Crippen LogP contribution is -2.31. The molecule has 17 heavy (non-hydrogen) atoms. The quantitative estimate of drug-likeness (QED) is 0.459. The molecule has 0 aliphatic heterocycles. The third-order valence-corrected chi connectivity index (χ3v) is 4.27. The third kappa shape index (κ3) is 1.57. The zero-order valence-corrected chi connectivity index (χ0v) is 9.88. The van der Waals surface area contributed by atoms with Gasteiger partial charge in [0.1, 0.15) is 0 Å². The third-order valence-electron chi connectivity index (χ3n) is 3.93. The summed E-state index contributed by atoms with van der Waals surface area (Å²) in [6.45, 7) is 0. The van der Waals surface area contributed by atoms with Crippen molar-refractivity contribution in [3.05, 3.63) is 57.1 Å². The molecule has 0 radical (unpaired) electrons. The van der Waals surface area contributed by atoms with Crippen LogP contribution in [0.2, 0.25) is 5.02 Å². The summed E-state index contributed by atoms with van der Waals surface area (Å²) in [6, 6.07) is 6.97. The van der Waals surface area contributed by atoms with Crippen LogP contribution in [0.4, 0.5) is 0 Å². The number of nitrogens with zero attached hydrogens (tertiary/aromatic N) is 1. The van der Waals surface area contributed by atoms with Crippen molar-refractivity contribution in [1.29, 1.82) is 0 Å². The summed E-state index contributed by atoms with van der Waals surface area (Å²) in [7, 11) is 0. The minimum atomic E-state index is -0.509. The minimum Gasteiger partial charge on any atom is -0.264 e. The summed E-state index contributed by atoms with van der Waals surface area (Å²) >= 11 is 6.16. The Morgan fingerprint density at radius 2 is 1.94 bits per heavy atom. The van der Waals surface area contributed by atoms with E-state index in [2.05, 4.69) is 6.08 Å². The highest BCUT2D eigenvalue weighted by atomic mass is 35.5. The molecule has 1 aromatic carbocycles. The van der Waals surface area contributed by atoms with E-state index in [-0.39, 0.29) is 22.7 Å². The Bertz CT molecular complexity index is 500. The molecule has 2 aliphatic carbocycles. The van der Waals surface area contributed by atoms with Gasteiger partial charge >= 0.3 is 0 Å². The maximum atomic E-state index is 11.2.